The van der Waals surface area contributed by atoms with Gasteiger partial charge in [-0.15, -0.1) is 0 Å². The van der Waals surface area contributed by atoms with E-state index in [2.05, 4.69) is 10.3 Å². The van der Waals surface area contributed by atoms with Crippen molar-refractivity contribution < 1.29 is 15.0 Å². The highest BCUT2D eigenvalue weighted by Gasteiger charge is 2.32. The molecule has 0 bridgehead atoms. The number of nitrogens with one attached hydrogen (secondary N) is 1. The van der Waals surface area contributed by atoms with Crippen LogP contribution in [-0.4, -0.2) is 40.7 Å². The first-order valence-electron chi connectivity index (χ1n) is 3.70. The van der Waals surface area contributed by atoms with Crippen molar-refractivity contribution in [3.05, 3.63) is 0 Å². The molecular formula is C7H12N2O3. The molecule has 1 aliphatic heterocycles. The van der Waals surface area contributed by atoms with E-state index in [9.17, 15) is 4.79 Å². The van der Waals surface area contributed by atoms with Crippen molar-refractivity contribution in [3.63, 3.8) is 0 Å². The van der Waals surface area contributed by atoms with Crippen LogP contribution in [0, 0.1) is 0 Å². The molecule has 0 aromatic carbocycles. The number of nitrogens with zero attached hydrogens (tertiary/aromatic N) is 1. The molecule has 0 spiro atoms. The van der Waals surface area contributed by atoms with Gasteiger partial charge in [-0.1, -0.05) is 0 Å². The fourth-order valence-electron chi connectivity index (χ4n) is 1.08. The number of aliphatic carboxylic acids is 1. The van der Waals surface area contributed by atoms with Gasteiger partial charge >= 0.3 is 5.97 Å². The van der Waals surface area contributed by atoms with Crippen LogP contribution in [0.15, 0.2) is 4.99 Å². The van der Waals surface area contributed by atoms with Gasteiger partial charge in [0.1, 0.15) is 0 Å². The summed E-state index contributed by atoms with van der Waals surface area (Å²) in [5.41, 5.74) is -0.551. The number of carboxylic acids is 1. The van der Waals surface area contributed by atoms with Crippen LogP contribution < -0.4 is 5.32 Å². The van der Waals surface area contributed by atoms with Crippen molar-refractivity contribution in [2.24, 2.45) is 4.99 Å². The topological polar surface area (TPSA) is 81.9 Å². The average molecular weight is 172 g/mol. The number of carbonyl (C=O) groups is 1. The highest BCUT2D eigenvalue weighted by atomic mass is 16.4. The number of hydrogen-bond acceptors (Lipinski definition) is 4. The van der Waals surface area contributed by atoms with Gasteiger partial charge in [-0.25, -0.2) is 4.79 Å². The van der Waals surface area contributed by atoms with Gasteiger partial charge in [-0.05, 0) is 6.92 Å². The molecule has 5 heteroatoms. The minimum Gasteiger partial charge on any atom is -0.480 e. The summed E-state index contributed by atoms with van der Waals surface area (Å²) in [6, 6.07) is -0.733. The lowest BCUT2D eigenvalue weighted by Crippen LogP contribution is -2.51. The second-order valence-corrected chi connectivity index (χ2v) is 3.20. The van der Waals surface area contributed by atoms with Gasteiger partial charge < -0.3 is 15.5 Å². The summed E-state index contributed by atoms with van der Waals surface area (Å²) in [7, 11) is 0. The predicted molar refractivity (Wildman–Crippen MR) is 43.2 cm³/mol. The first-order valence-corrected chi connectivity index (χ1v) is 3.70. The van der Waals surface area contributed by atoms with Gasteiger partial charge in [0.05, 0.1) is 18.5 Å². The lowest BCUT2D eigenvalue weighted by molar-refractivity contribution is -0.139. The summed E-state index contributed by atoms with van der Waals surface area (Å²) in [5, 5.41) is 20.4. The van der Waals surface area contributed by atoms with Crippen LogP contribution in [0.4, 0.5) is 0 Å². The quantitative estimate of drug-likeness (QED) is 0.510. The third-order valence-corrected chi connectivity index (χ3v) is 1.95. The molecule has 5 nitrogen and oxygen atoms in total. The molecule has 0 aliphatic carbocycles. The number of carboxylic acid groups (broad SMARTS) is 1. The van der Waals surface area contributed by atoms with Crippen LogP contribution in [0.3, 0.4) is 0 Å². The van der Waals surface area contributed by atoms with Gasteiger partial charge in [-0.2, -0.15) is 0 Å². The molecule has 0 saturated carbocycles. The number of rotatable bonds is 2. The molecule has 0 aromatic heterocycles. The molecule has 0 saturated heterocycles. The van der Waals surface area contributed by atoms with E-state index < -0.39 is 17.6 Å². The molecule has 1 rings (SSSR count). The molecule has 0 aromatic rings. The zero-order valence-electron chi connectivity index (χ0n) is 6.82. The van der Waals surface area contributed by atoms with Crippen LogP contribution in [-0.2, 0) is 4.79 Å². The Bertz CT molecular complexity index is 217. The van der Waals surface area contributed by atoms with Crippen molar-refractivity contribution in [3.8, 4) is 0 Å². The van der Waals surface area contributed by atoms with Gasteiger partial charge in [-0.3, -0.25) is 4.99 Å². The van der Waals surface area contributed by atoms with Gasteiger partial charge in [0.25, 0.3) is 0 Å². The maximum atomic E-state index is 10.5. The number of aliphatic hydroxyl groups excluding tert-OH is 1. The van der Waals surface area contributed by atoms with Crippen LogP contribution in [0.2, 0.25) is 0 Å². The second kappa shape index (κ2) is 3.10. The Balaban J connectivity index is 2.68. The highest BCUT2D eigenvalue weighted by molar-refractivity contribution is 5.77. The minimum atomic E-state index is -0.951. The molecule has 0 amide bonds. The maximum Gasteiger partial charge on any atom is 0.328 e. The molecule has 3 N–H and O–H groups in total. The smallest absolute Gasteiger partial charge is 0.328 e. The average Bonchev–Trinajstić information content (AvgIpc) is 2.05. The zero-order valence-corrected chi connectivity index (χ0v) is 6.82. The maximum absolute atomic E-state index is 10.5. The van der Waals surface area contributed by atoms with Crippen molar-refractivity contribution in [2.75, 3.05) is 6.61 Å². The molecule has 0 unspecified atom stereocenters. The summed E-state index contributed by atoms with van der Waals surface area (Å²) >= 11 is 0. The van der Waals surface area contributed by atoms with E-state index in [1.54, 1.807) is 6.92 Å². The number of hydrogen-bond donors (Lipinski definition) is 3. The lowest BCUT2D eigenvalue weighted by Gasteiger charge is -2.32. The van der Waals surface area contributed by atoms with Crippen LogP contribution in [0.1, 0.15) is 13.3 Å². The molecule has 1 aliphatic rings. The standard InChI is InChI=1S/C7H12N2O3/c1-7(3-10)2-5(6(11)12)8-4-9-7/h4-5,10H,2-3H2,1H3,(H,8,9)(H,11,12)/t5-,7-/m1/s1. The van der Waals surface area contributed by atoms with Crippen LogP contribution in [0.5, 0.6) is 0 Å². The first kappa shape index (κ1) is 8.99. The van der Waals surface area contributed by atoms with Crippen molar-refractivity contribution >= 4 is 12.3 Å². The Morgan fingerprint density at radius 2 is 2.58 bits per heavy atom. The van der Waals surface area contributed by atoms with E-state index in [-0.39, 0.29) is 6.61 Å². The minimum absolute atomic E-state index is 0.0944. The van der Waals surface area contributed by atoms with Crippen LogP contribution >= 0.6 is 0 Å². The largest absolute Gasteiger partial charge is 0.480 e. The van der Waals surface area contributed by atoms with E-state index in [4.69, 9.17) is 10.2 Å². The van der Waals surface area contributed by atoms with E-state index in [0.717, 1.165) is 0 Å². The molecule has 0 radical (unpaired) electrons. The molecule has 1 heterocycles. The highest BCUT2D eigenvalue weighted by Crippen LogP contribution is 2.16. The van der Waals surface area contributed by atoms with Gasteiger partial charge in [0.15, 0.2) is 6.04 Å². The monoisotopic (exact) mass is 172 g/mol. The fourth-order valence-corrected chi connectivity index (χ4v) is 1.08. The van der Waals surface area contributed by atoms with E-state index in [1.165, 1.54) is 6.34 Å². The molecule has 68 valence electrons. The van der Waals surface area contributed by atoms with E-state index >= 15 is 0 Å². The van der Waals surface area contributed by atoms with Crippen molar-refractivity contribution in [1.29, 1.82) is 0 Å². The van der Waals surface area contributed by atoms with Crippen LogP contribution in [0.25, 0.3) is 0 Å². The Morgan fingerprint density at radius 1 is 1.92 bits per heavy atom. The Hall–Kier alpha value is -1.10. The summed E-state index contributed by atoms with van der Waals surface area (Å²) < 4.78 is 0. The van der Waals surface area contributed by atoms with Crippen molar-refractivity contribution in [2.45, 2.75) is 24.9 Å². The van der Waals surface area contributed by atoms with E-state index in [0.29, 0.717) is 6.42 Å². The predicted octanol–water partition coefficient (Wildman–Crippen LogP) is -0.788. The number of aliphatic imine (C=N–C) groups is 1. The first-order chi connectivity index (χ1) is 5.57. The third kappa shape index (κ3) is 1.73. The van der Waals surface area contributed by atoms with Gasteiger partial charge in [0, 0.05) is 6.42 Å². The third-order valence-electron chi connectivity index (χ3n) is 1.95. The normalized spacial score (nSPS) is 34.3. The summed E-state index contributed by atoms with van der Waals surface area (Å²) in [4.78, 5) is 14.3. The molecule has 2 atom stereocenters. The van der Waals surface area contributed by atoms with E-state index in [1.807, 2.05) is 0 Å². The Kier molecular flexibility index (Phi) is 2.32. The zero-order chi connectivity index (χ0) is 9.19. The lowest BCUT2D eigenvalue weighted by atomic mass is 9.93. The summed E-state index contributed by atoms with van der Waals surface area (Å²) in [6.45, 7) is 1.66. The SMILES string of the molecule is C[C@]1(CO)C[C@H](C(=O)O)N=CN1. The second-order valence-electron chi connectivity index (χ2n) is 3.20. The molecule has 0 fully saturated rings. The molecular weight excluding hydrogens is 160 g/mol. The number of aliphatic hydroxyl groups is 1. The Labute approximate surface area is 70.1 Å². The summed E-state index contributed by atoms with van der Waals surface area (Å²) in [5.74, 6) is -0.951. The Morgan fingerprint density at radius 3 is 3.08 bits per heavy atom. The fraction of sp³-hybridized carbons (Fsp3) is 0.714. The summed E-state index contributed by atoms with van der Waals surface area (Å²) in [6.07, 6.45) is 1.66. The van der Waals surface area contributed by atoms with Gasteiger partial charge in [0.2, 0.25) is 0 Å². The molecule has 12 heavy (non-hydrogen) atoms. The van der Waals surface area contributed by atoms with Crippen molar-refractivity contribution in [1.82, 2.24) is 5.32 Å².